The van der Waals surface area contributed by atoms with E-state index >= 15 is 0 Å². The van der Waals surface area contributed by atoms with Crippen molar-refractivity contribution in [2.24, 2.45) is 5.92 Å². The third-order valence-corrected chi connectivity index (χ3v) is 3.86. The number of rotatable bonds is 4. The Morgan fingerprint density at radius 3 is 3.27 bits per heavy atom. The Bertz CT molecular complexity index is 307. The molecule has 2 N–H and O–H groups in total. The molecular weight excluding hydrogens is 208 g/mol. The molecule has 2 heterocycles. The van der Waals surface area contributed by atoms with Crippen molar-refractivity contribution in [1.82, 2.24) is 10.3 Å². The topological polar surface area (TPSA) is 45.1 Å². The summed E-state index contributed by atoms with van der Waals surface area (Å²) in [5.74, 6) is 0.935. The fourth-order valence-corrected chi connectivity index (χ4v) is 2.91. The molecule has 1 aromatic rings. The number of nitrogens with zero attached hydrogens (tertiary/aromatic N) is 1. The van der Waals surface area contributed by atoms with Gasteiger partial charge in [-0.05, 0) is 25.4 Å². The van der Waals surface area contributed by atoms with Crippen LogP contribution in [0.15, 0.2) is 5.38 Å². The molecule has 4 heteroatoms. The second-order valence-corrected chi connectivity index (χ2v) is 5.26. The van der Waals surface area contributed by atoms with E-state index in [1.807, 2.05) is 6.92 Å². The number of hydrogen-bond acceptors (Lipinski definition) is 4. The molecule has 0 saturated carbocycles. The summed E-state index contributed by atoms with van der Waals surface area (Å²) >= 11 is 1.73. The van der Waals surface area contributed by atoms with E-state index in [4.69, 9.17) is 5.11 Å². The first-order chi connectivity index (χ1) is 7.29. The Balaban J connectivity index is 1.94. The lowest BCUT2D eigenvalue weighted by Gasteiger charge is -2.05. The third kappa shape index (κ3) is 2.77. The van der Waals surface area contributed by atoms with Gasteiger partial charge in [0.15, 0.2) is 0 Å². The van der Waals surface area contributed by atoms with Crippen molar-refractivity contribution in [1.29, 1.82) is 0 Å². The summed E-state index contributed by atoms with van der Waals surface area (Å²) in [5, 5.41) is 15.7. The molecule has 0 radical (unpaired) electrons. The van der Waals surface area contributed by atoms with Gasteiger partial charge >= 0.3 is 0 Å². The predicted molar refractivity (Wildman–Crippen MR) is 62.3 cm³/mol. The van der Waals surface area contributed by atoms with E-state index in [0.717, 1.165) is 31.1 Å². The summed E-state index contributed by atoms with van der Waals surface area (Å²) in [7, 11) is 0. The van der Waals surface area contributed by atoms with Crippen molar-refractivity contribution in [2.45, 2.75) is 25.7 Å². The van der Waals surface area contributed by atoms with Gasteiger partial charge in [0.1, 0.15) is 0 Å². The molecule has 1 fully saturated rings. The van der Waals surface area contributed by atoms with Gasteiger partial charge in [-0.1, -0.05) is 6.92 Å². The number of aliphatic hydroxyl groups excluding tert-OH is 1. The van der Waals surface area contributed by atoms with Gasteiger partial charge in [-0.25, -0.2) is 4.98 Å². The first-order valence-electron chi connectivity index (χ1n) is 5.55. The molecule has 2 atom stereocenters. The quantitative estimate of drug-likeness (QED) is 0.815. The van der Waals surface area contributed by atoms with Crippen LogP contribution < -0.4 is 5.32 Å². The normalized spacial score (nSPS) is 23.2. The van der Waals surface area contributed by atoms with E-state index in [1.165, 1.54) is 11.4 Å². The molecule has 0 spiro atoms. The zero-order valence-corrected chi connectivity index (χ0v) is 9.89. The lowest BCUT2D eigenvalue weighted by molar-refractivity contribution is 0.271. The average Bonchev–Trinajstić information content (AvgIpc) is 2.88. The zero-order chi connectivity index (χ0) is 10.7. The lowest BCUT2D eigenvalue weighted by Crippen LogP contribution is -2.10. The molecule has 2 rings (SSSR count). The van der Waals surface area contributed by atoms with Crippen LogP contribution in [0, 0.1) is 5.92 Å². The molecule has 1 saturated heterocycles. The monoisotopic (exact) mass is 226 g/mol. The Kier molecular flexibility index (Phi) is 3.72. The summed E-state index contributed by atoms with van der Waals surface area (Å²) in [5.41, 5.74) is 1.04. The number of hydrogen-bond donors (Lipinski definition) is 2. The Labute approximate surface area is 94.5 Å². The van der Waals surface area contributed by atoms with Crippen LogP contribution >= 0.6 is 11.3 Å². The molecular formula is C11H18N2OS. The minimum atomic E-state index is 0.178. The van der Waals surface area contributed by atoms with E-state index in [2.05, 4.69) is 15.7 Å². The molecule has 1 aromatic heterocycles. The van der Waals surface area contributed by atoms with Crippen molar-refractivity contribution in [3.05, 3.63) is 16.1 Å². The largest absolute Gasteiger partial charge is 0.396 e. The highest BCUT2D eigenvalue weighted by Crippen LogP contribution is 2.22. The molecule has 3 nitrogen and oxygen atoms in total. The van der Waals surface area contributed by atoms with Crippen molar-refractivity contribution in [2.75, 3.05) is 19.7 Å². The van der Waals surface area contributed by atoms with E-state index in [9.17, 15) is 0 Å². The van der Waals surface area contributed by atoms with E-state index in [0.29, 0.717) is 0 Å². The zero-order valence-electron chi connectivity index (χ0n) is 9.07. The van der Waals surface area contributed by atoms with E-state index < -0.39 is 0 Å². The predicted octanol–water partition coefficient (Wildman–Crippen LogP) is 1.39. The molecule has 15 heavy (non-hydrogen) atoms. The Morgan fingerprint density at radius 1 is 1.73 bits per heavy atom. The van der Waals surface area contributed by atoms with Gasteiger partial charge in [0.25, 0.3) is 0 Å². The maximum Gasteiger partial charge on any atom is 0.0931 e. The smallest absolute Gasteiger partial charge is 0.0931 e. The van der Waals surface area contributed by atoms with Gasteiger partial charge in [0, 0.05) is 17.7 Å². The molecule has 1 aliphatic heterocycles. The molecule has 84 valence electrons. The van der Waals surface area contributed by atoms with Crippen LogP contribution in [-0.4, -0.2) is 29.8 Å². The summed E-state index contributed by atoms with van der Waals surface area (Å²) in [6.45, 7) is 4.48. The summed E-state index contributed by atoms with van der Waals surface area (Å²) in [6.07, 6.45) is 2.36. The fraction of sp³-hybridized carbons (Fsp3) is 0.727. The second kappa shape index (κ2) is 5.05. The maximum atomic E-state index is 9.04. The van der Waals surface area contributed by atoms with Crippen LogP contribution in [0.2, 0.25) is 0 Å². The Morgan fingerprint density at radius 2 is 2.60 bits per heavy atom. The van der Waals surface area contributed by atoms with E-state index in [-0.39, 0.29) is 12.5 Å². The minimum absolute atomic E-state index is 0.178. The maximum absolute atomic E-state index is 9.04. The third-order valence-electron chi connectivity index (χ3n) is 2.97. The standard InChI is InChI=1S/C11H18N2OS/c1-8(6-14)10-7-15-11(13-10)4-9-2-3-12-5-9/h7-9,12,14H,2-6H2,1H3. The minimum Gasteiger partial charge on any atom is -0.396 e. The molecule has 0 amide bonds. The highest BCUT2D eigenvalue weighted by molar-refractivity contribution is 7.09. The molecule has 1 aliphatic rings. The van der Waals surface area contributed by atoms with Gasteiger partial charge in [-0.2, -0.15) is 0 Å². The summed E-state index contributed by atoms with van der Waals surface area (Å²) in [6, 6.07) is 0. The SMILES string of the molecule is CC(CO)c1csc(CC2CCNC2)n1. The van der Waals surface area contributed by atoms with E-state index in [1.54, 1.807) is 11.3 Å². The Hall–Kier alpha value is -0.450. The molecule has 0 aliphatic carbocycles. The fourth-order valence-electron chi connectivity index (χ4n) is 1.87. The summed E-state index contributed by atoms with van der Waals surface area (Å²) < 4.78 is 0. The van der Waals surface area contributed by atoms with Crippen molar-refractivity contribution < 1.29 is 5.11 Å². The van der Waals surface area contributed by atoms with Crippen molar-refractivity contribution in [3.63, 3.8) is 0 Å². The summed E-state index contributed by atoms with van der Waals surface area (Å²) in [4.78, 5) is 4.58. The van der Waals surface area contributed by atoms with Crippen LogP contribution in [-0.2, 0) is 6.42 Å². The average molecular weight is 226 g/mol. The van der Waals surface area contributed by atoms with Crippen LogP contribution in [0.1, 0.15) is 30.0 Å². The highest BCUT2D eigenvalue weighted by atomic mass is 32.1. The first-order valence-corrected chi connectivity index (χ1v) is 6.43. The van der Waals surface area contributed by atoms with Gasteiger partial charge in [0.05, 0.1) is 17.3 Å². The number of nitrogens with one attached hydrogen (secondary N) is 1. The second-order valence-electron chi connectivity index (χ2n) is 4.31. The number of aliphatic hydroxyl groups is 1. The van der Waals surface area contributed by atoms with Gasteiger partial charge < -0.3 is 10.4 Å². The lowest BCUT2D eigenvalue weighted by atomic mass is 10.1. The van der Waals surface area contributed by atoms with Gasteiger partial charge in [-0.15, -0.1) is 11.3 Å². The van der Waals surface area contributed by atoms with Crippen LogP contribution in [0.5, 0.6) is 0 Å². The number of aromatic nitrogens is 1. The number of thiazole rings is 1. The van der Waals surface area contributed by atoms with Crippen molar-refractivity contribution >= 4 is 11.3 Å². The van der Waals surface area contributed by atoms with Crippen LogP contribution in [0.3, 0.4) is 0 Å². The molecule has 0 bridgehead atoms. The van der Waals surface area contributed by atoms with Gasteiger partial charge in [0.2, 0.25) is 0 Å². The van der Waals surface area contributed by atoms with Gasteiger partial charge in [-0.3, -0.25) is 0 Å². The van der Waals surface area contributed by atoms with Crippen LogP contribution in [0.25, 0.3) is 0 Å². The highest BCUT2D eigenvalue weighted by Gasteiger charge is 2.17. The first kappa shape index (κ1) is 11.0. The van der Waals surface area contributed by atoms with Crippen LogP contribution in [0.4, 0.5) is 0 Å². The van der Waals surface area contributed by atoms with Crippen molar-refractivity contribution in [3.8, 4) is 0 Å². The molecule has 2 unspecified atom stereocenters. The molecule has 0 aromatic carbocycles.